The van der Waals surface area contributed by atoms with Crippen LogP contribution in [0.2, 0.25) is 0 Å². The van der Waals surface area contributed by atoms with Crippen molar-refractivity contribution < 1.29 is 9.72 Å². The van der Waals surface area contributed by atoms with Gasteiger partial charge in [0.1, 0.15) is 0 Å². The minimum Gasteiger partial charge on any atom is -0.376 e. The van der Waals surface area contributed by atoms with Gasteiger partial charge in [0.05, 0.1) is 11.5 Å². The number of carbonyl (C=O) groups excluding carboxylic acids is 1. The highest BCUT2D eigenvalue weighted by Crippen LogP contribution is 2.21. The monoisotopic (exact) mass is 299 g/mol. The number of anilines is 2. The molecule has 0 saturated heterocycles. The van der Waals surface area contributed by atoms with Crippen LogP contribution < -0.4 is 10.6 Å². The van der Waals surface area contributed by atoms with Gasteiger partial charge in [-0.05, 0) is 37.1 Å². The molecule has 0 aliphatic carbocycles. The lowest BCUT2D eigenvalue weighted by Crippen LogP contribution is -2.22. The van der Waals surface area contributed by atoms with Gasteiger partial charge in [-0.15, -0.1) is 0 Å². The van der Waals surface area contributed by atoms with Gasteiger partial charge in [0.25, 0.3) is 5.69 Å². The first-order valence-electron chi connectivity index (χ1n) is 6.82. The molecule has 114 valence electrons. The van der Waals surface area contributed by atoms with Gasteiger partial charge in [0.15, 0.2) is 0 Å². The summed E-state index contributed by atoms with van der Waals surface area (Å²) in [5.41, 5.74) is 3.19. The average Bonchev–Trinajstić information content (AvgIpc) is 2.48. The Morgan fingerprint density at radius 2 is 1.82 bits per heavy atom. The number of nitro benzene ring substituents is 1. The van der Waals surface area contributed by atoms with E-state index in [1.807, 2.05) is 31.2 Å². The fraction of sp³-hybridized carbons (Fsp3) is 0.188. The number of nitro groups is 1. The minimum absolute atomic E-state index is 0.00790. The van der Waals surface area contributed by atoms with Crippen molar-refractivity contribution in [2.75, 3.05) is 17.2 Å². The second-order valence-corrected chi connectivity index (χ2v) is 4.97. The van der Waals surface area contributed by atoms with E-state index >= 15 is 0 Å². The molecule has 0 saturated carbocycles. The number of amides is 1. The first-order chi connectivity index (χ1) is 10.5. The normalized spacial score (nSPS) is 10.1. The summed E-state index contributed by atoms with van der Waals surface area (Å²) in [6.45, 7) is 3.80. The molecule has 0 aliphatic rings. The van der Waals surface area contributed by atoms with E-state index < -0.39 is 4.92 Å². The number of carbonyl (C=O) groups is 1. The van der Waals surface area contributed by atoms with Crippen LogP contribution in [-0.2, 0) is 4.79 Å². The van der Waals surface area contributed by atoms with Crippen LogP contribution in [0.1, 0.15) is 11.1 Å². The maximum Gasteiger partial charge on any atom is 0.269 e. The lowest BCUT2D eigenvalue weighted by Gasteiger charge is -2.11. The van der Waals surface area contributed by atoms with Gasteiger partial charge in [-0.2, -0.15) is 0 Å². The molecule has 6 nitrogen and oxygen atoms in total. The number of rotatable bonds is 5. The second-order valence-electron chi connectivity index (χ2n) is 4.97. The number of hydrogen-bond acceptors (Lipinski definition) is 4. The first-order valence-corrected chi connectivity index (χ1v) is 6.82. The molecule has 2 rings (SSSR count). The predicted molar refractivity (Wildman–Crippen MR) is 86.1 cm³/mol. The van der Waals surface area contributed by atoms with E-state index in [0.717, 1.165) is 11.3 Å². The number of nitrogens with one attached hydrogen (secondary N) is 2. The summed E-state index contributed by atoms with van der Waals surface area (Å²) in [4.78, 5) is 22.2. The van der Waals surface area contributed by atoms with Crippen LogP contribution in [0.15, 0.2) is 42.5 Å². The Kier molecular flexibility index (Phi) is 4.73. The zero-order chi connectivity index (χ0) is 16.1. The summed E-state index contributed by atoms with van der Waals surface area (Å²) in [6, 6.07) is 12.0. The molecule has 0 atom stereocenters. The highest BCUT2D eigenvalue weighted by Gasteiger charge is 2.10. The molecule has 0 bridgehead atoms. The smallest absolute Gasteiger partial charge is 0.269 e. The number of nitrogens with zero attached hydrogens (tertiary/aromatic N) is 1. The van der Waals surface area contributed by atoms with Crippen molar-refractivity contribution in [1.82, 2.24) is 0 Å². The zero-order valence-electron chi connectivity index (χ0n) is 12.4. The first kappa shape index (κ1) is 15.5. The van der Waals surface area contributed by atoms with Crippen molar-refractivity contribution in [2.24, 2.45) is 0 Å². The number of non-ortho nitro benzene ring substituents is 1. The summed E-state index contributed by atoms with van der Waals surface area (Å²) in [7, 11) is 0. The molecule has 0 aliphatic heterocycles. The van der Waals surface area contributed by atoms with Crippen molar-refractivity contribution >= 4 is 23.0 Å². The average molecular weight is 299 g/mol. The van der Waals surface area contributed by atoms with E-state index in [1.54, 1.807) is 13.0 Å². The van der Waals surface area contributed by atoms with Crippen LogP contribution in [0, 0.1) is 24.0 Å². The van der Waals surface area contributed by atoms with Crippen LogP contribution in [0.3, 0.4) is 0 Å². The van der Waals surface area contributed by atoms with Gasteiger partial charge in [-0.1, -0.05) is 18.2 Å². The van der Waals surface area contributed by atoms with Gasteiger partial charge in [-0.25, -0.2) is 0 Å². The maximum absolute atomic E-state index is 12.0. The zero-order valence-corrected chi connectivity index (χ0v) is 12.4. The van der Waals surface area contributed by atoms with Crippen molar-refractivity contribution in [3.63, 3.8) is 0 Å². The molecular weight excluding hydrogens is 282 g/mol. The molecule has 6 heteroatoms. The summed E-state index contributed by atoms with van der Waals surface area (Å²) >= 11 is 0. The number of para-hydroxylation sites is 1. The molecule has 2 N–H and O–H groups in total. The Labute approximate surface area is 128 Å². The van der Waals surface area contributed by atoms with E-state index in [4.69, 9.17) is 0 Å². The Hall–Kier alpha value is -2.89. The second kappa shape index (κ2) is 6.71. The van der Waals surface area contributed by atoms with Crippen LogP contribution >= 0.6 is 0 Å². The van der Waals surface area contributed by atoms with E-state index in [9.17, 15) is 14.9 Å². The molecule has 2 aromatic rings. The van der Waals surface area contributed by atoms with E-state index in [0.29, 0.717) is 11.3 Å². The quantitative estimate of drug-likeness (QED) is 0.655. The van der Waals surface area contributed by atoms with Gasteiger partial charge < -0.3 is 10.6 Å². The summed E-state index contributed by atoms with van der Waals surface area (Å²) < 4.78 is 0. The van der Waals surface area contributed by atoms with Crippen molar-refractivity contribution in [2.45, 2.75) is 13.8 Å². The lowest BCUT2D eigenvalue weighted by molar-refractivity contribution is -0.384. The van der Waals surface area contributed by atoms with Crippen molar-refractivity contribution in [1.29, 1.82) is 0 Å². The molecule has 0 unspecified atom stereocenters. The highest BCUT2D eigenvalue weighted by molar-refractivity contribution is 5.94. The topological polar surface area (TPSA) is 84.3 Å². The van der Waals surface area contributed by atoms with Crippen molar-refractivity contribution in [3.8, 4) is 0 Å². The molecule has 22 heavy (non-hydrogen) atoms. The fourth-order valence-corrected chi connectivity index (χ4v) is 2.04. The fourth-order valence-electron chi connectivity index (χ4n) is 2.04. The molecular formula is C16H17N3O3. The standard InChI is InChI=1S/C16H17N3O3/c1-11-5-3-4-6-14(11)17-10-16(20)18-15-8-7-13(19(21)22)9-12(15)2/h3-9,17H,10H2,1-2H3,(H,18,20). The SMILES string of the molecule is Cc1ccccc1NCC(=O)Nc1ccc([N+](=O)[O-])cc1C. The summed E-state index contributed by atoms with van der Waals surface area (Å²) in [5.74, 6) is -0.208. The highest BCUT2D eigenvalue weighted by atomic mass is 16.6. The van der Waals surface area contributed by atoms with Crippen LogP contribution in [0.25, 0.3) is 0 Å². The Bertz CT molecular complexity index is 714. The third kappa shape index (κ3) is 3.82. The maximum atomic E-state index is 12.0. The minimum atomic E-state index is -0.460. The van der Waals surface area contributed by atoms with E-state index in [-0.39, 0.29) is 18.1 Å². The Morgan fingerprint density at radius 1 is 1.09 bits per heavy atom. The third-order valence-corrected chi connectivity index (χ3v) is 3.28. The summed E-state index contributed by atoms with van der Waals surface area (Å²) in [6.07, 6.45) is 0. The molecule has 0 spiro atoms. The third-order valence-electron chi connectivity index (χ3n) is 3.28. The molecule has 1 amide bonds. The number of aryl methyl sites for hydroxylation is 2. The number of hydrogen-bond donors (Lipinski definition) is 2. The van der Waals surface area contributed by atoms with Gasteiger partial charge in [0.2, 0.25) is 5.91 Å². The van der Waals surface area contributed by atoms with E-state index in [1.165, 1.54) is 12.1 Å². The Morgan fingerprint density at radius 3 is 2.45 bits per heavy atom. The van der Waals surface area contributed by atoms with Crippen LogP contribution in [0.4, 0.5) is 17.1 Å². The molecule has 2 aromatic carbocycles. The number of benzene rings is 2. The molecule has 0 aromatic heterocycles. The summed E-state index contributed by atoms with van der Waals surface area (Å²) in [5, 5.41) is 16.5. The lowest BCUT2D eigenvalue weighted by atomic mass is 10.2. The van der Waals surface area contributed by atoms with Gasteiger partial charge in [-0.3, -0.25) is 14.9 Å². The predicted octanol–water partition coefficient (Wildman–Crippen LogP) is 3.26. The van der Waals surface area contributed by atoms with Gasteiger partial charge in [0, 0.05) is 23.5 Å². The van der Waals surface area contributed by atoms with E-state index in [2.05, 4.69) is 10.6 Å². The molecule has 0 fully saturated rings. The van der Waals surface area contributed by atoms with Crippen LogP contribution in [0.5, 0.6) is 0 Å². The molecule has 0 heterocycles. The largest absolute Gasteiger partial charge is 0.376 e. The molecule has 0 radical (unpaired) electrons. The Balaban J connectivity index is 1.98. The van der Waals surface area contributed by atoms with Crippen molar-refractivity contribution in [3.05, 3.63) is 63.7 Å². The van der Waals surface area contributed by atoms with Crippen LogP contribution in [-0.4, -0.2) is 17.4 Å². The van der Waals surface area contributed by atoms with Gasteiger partial charge >= 0.3 is 0 Å².